The highest BCUT2D eigenvalue weighted by molar-refractivity contribution is 8.00. The van der Waals surface area contributed by atoms with Gasteiger partial charge in [0.25, 0.3) is 0 Å². The molecule has 2 atom stereocenters. The molecule has 5 nitrogen and oxygen atoms in total. The summed E-state index contributed by atoms with van der Waals surface area (Å²) in [5.41, 5.74) is 0.263. The van der Waals surface area contributed by atoms with E-state index >= 15 is 0 Å². The molecule has 7 heteroatoms. The van der Waals surface area contributed by atoms with Crippen LogP contribution in [-0.2, 0) is 9.59 Å². The van der Waals surface area contributed by atoms with Crippen LogP contribution in [0.5, 0.6) is 0 Å². The Hall–Kier alpha value is -1.89. The number of nitrogens with one attached hydrogen (secondary N) is 1. The van der Waals surface area contributed by atoms with E-state index in [0.717, 1.165) is 17.8 Å². The normalized spacial score (nSPS) is 13.2. The van der Waals surface area contributed by atoms with Gasteiger partial charge in [0, 0.05) is 10.5 Å². The number of carbonyl (C=O) groups excluding carboxylic acids is 2. The number of rotatable bonds is 8. The lowest BCUT2D eigenvalue weighted by Gasteiger charge is -2.20. The topological polar surface area (TPSA) is 83.5 Å². The van der Waals surface area contributed by atoms with Crippen molar-refractivity contribution in [2.75, 3.05) is 5.75 Å². The molecule has 0 spiro atoms. The lowest BCUT2D eigenvalue weighted by atomic mass is 9.99. The summed E-state index contributed by atoms with van der Waals surface area (Å²) in [6.07, 6.45) is 0.617. The molecule has 23 heavy (non-hydrogen) atoms. The van der Waals surface area contributed by atoms with Gasteiger partial charge < -0.3 is 10.4 Å². The smallest absolute Gasteiger partial charge is 0.326 e. The van der Waals surface area contributed by atoms with Crippen molar-refractivity contribution in [1.82, 2.24) is 5.32 Å². The number of ketones is 1. The molecule has 0 radical (unpaired) electrons. The van der Waals surface area contributed by atoms with Crippen LogP contribution in [0.2, 0.25) is 0 Å². The second-order valence-electron chi connectivity index (χ2n) is 5.26. The number of amides is 1. The zero-order valence-corrected chi connectivity index (χ0v) is 14.1. The summed E-state index contributed by atoms with van der Waals surface area (Å²) in [6.45, 7) is 4.93. The van der Waals surface area contributed by atoms with Crippen LogP contribution in [0.15, 0.2) is 23.1 Å². The Bertz CT molecular complexity index is 606. The molecular formula is C16H20FNO4S. The monoisotopic (exact) mass is 341 g/mol. The van der Waals surface area contributed by atoms with Crippen LogP contribution in [0.1, 0.15) is 37.6 Å². The van der Waals surface area contributed by atoms with Gasteiger partial charge >= 0.3 is 5.97 Å². The Morgan fingerprint density at radius 3 is 2.48 bits per heavy atom. The fourth-order valence-electron chi connectivity index (χ4n) is 1.88. The van der Waals surface area contributed by atoms with E-state index in [4.69, 9.17) is 5.11 Å². The third kappa shape index (κ3) is 5.67. The van der Waals surface area contributed by atoms with Crippen LogP contribution in [0, 0.1) is 11.7 Å². The maximum Gasteiger partial charge on any atom is 0.326 e. The number of carboxylic acids is 1. The van der Waals surface area contributed by atoms with E-state index in [-0.39, 0.29) is 27.9 Å². The summed E-state index contributed by atoms with van der Waals surface area (Å²) >= 11 is 0.957. The van der Waals surface area contributed by atoms with Gasteiger partial charge in [-0.25, -0.2) is 9.18 Å². The summed E-state index contributed by atoms with van der Waals surface area (Å²) in [7, 11) is 0. The predicted molar refractivity (Wildman–Crippen MR) is 86.2 cm³/mol. The maximum atomic E-state index is 13.8. The van der Waals surface area contributed by atoms with Gasteiger partial charge in [-0.3, -0.25) is 9.59 Å². The van der Waals surface area contributed by atoms with Gasteiger partial charge in [-0.1, -0.05) is 26.3 Å². The standard InChI is InChI=1S/C16H20FNO4S/c1-4-9(2)15(16(21)22)18-14(20)8-23-13-6-5-11(10(3)19)7-12(13)17/h5-7,9,15H,4,8H2,1-3H3,(H,18,20)(H,21,22)/t9-,15-/m0/s1. The van der Waals surface area contributed by atoms with Crippen LogP contribution in [0.25, 0.3) is 0 Å². The van der Waals surface area contributed by atoms with Crippen molar-refractivity contribution in [2.45, 2.75) is 38.1 Å². The summed E-state index contributed by atoms with van der Waals surface area (Å²) in [6, 6.07) is 3.10. The molecule has 1 aromatic carbocycles. The number of benzene rings is 1. The van der Waals surface area contributed by atoms with Gasteiger partial charge in [0.15, 0.2) is 5.78 Å². The zero-order valence-electron chi connectivity index (χ0n) is 13.3. The lowest BCUT2D eigenvalue weighted by Crippen LogP contribution is -2.45. The Labute approximate surface area is 138 Å². The lowest BCUT2D eigenvalue weighted by molar-refractivity contribution is -0.143. The zero-order chi connectivity index (χ0) is 17.6. The van der Waals surface area contributed by atoms with Crippen molar-refractivity contribution >= 4 is 29.4 Å². The fourth-order valence-corrected chi connectivity index (χ4v) is 2.61. The molecule has 0 fully saturated rings. The molecule has 0 aromatic heterocycles. The number of hydrogen-bond donors (Lipinski definition) is 2. The number of halogens is 1. The maximum absolute atomic E-state index is 13.8. The number of carboxylic acid groups (broad SMARTS) is 1. The van der Waals surface area contributed by atoms with Crippen molar-refractivity contribution in [3.8, 4) is 0 Å². The summed E-state index contributed by atoms with van der Waals surface area (Å²) < 4.78 is 13.8. The van der Waals surface area contributed by atoms with Crippen LogP contribution >= 0.6 is 11.8 Å². The first kappa shape index (κ1) is 19.2. The average Bonchev–Trinajstić information content (AvgIpc) is 2.50. The highest BCUT2D eigenvalue weighted by Crippen LogP contribution is 2.23. The highest BCUT2D eigenvalue weighted by atomic mass is 32.2. The molecule has 0 aliphatic rings. The average molecular weight is 341 g/mol. The SMILES string of the molecule is CC[C@H](C)[C@H](NC(=O)CSc1ccc(C(C)=O)cc1F)C(=O)O. The van der Waals surface area contributed by atoms with Gasteiger partial charge in [-0.05, 0) is 25.0 Å². The largest absolute Gasteiger partial charge is 0.480 e. The molecule has 126 valence electrons. The molecule has 1 amide bonds. The van der Waals surface area contributed by atoms with Crippen molar-refractivity contribution in [1.29, 1.82) is 0 Å². The molecule has 0 aliphatic carbocycles. The van der Waals surface area contributed by atoms with Gasteiger partial charge in [0.05, 0.1) is 5.75 Å². The molecule has 2 N–H and O–H groups in total. The van der Waals surface area contributed by atoms with E-state index in [2.05, 4.69) is 5.32 Å². The van der Waals surface area contributed by atoms with Gasteiger partial charge in [0.2, 0.25) is 5.91 Å². The van der Waals surface area contributed by atoms with Gasteiger partial charge in [0.1, 0.15) is 11.9 Å². The number of Topliss-reactive ketones (excluding diaryl/α,β-unsaturated/α-hetero) is 1. The molecule has 0 aliphatic heterocycles. The van der Waals surface area contributed by atoms with Crippen molar-refractivity contribution in [3.63, 3.8) is 0 Å². The fraction of sp³-hybridized carbons (Fsp3) is 0.438. The summed E-state index contributed by atoms with van der Waals surface area (Å²) in [4.78, 5) is 34.4. The van der Waals surface area contributed by atoms with Crippen molar-refractivity contribution in [3.05, 3.63) is 29.6 Å². The van der Waals surface area contributed by atoms with Crippen molar-refractivity contribution in [2.24, 2.45) is 5.92 Å². The number of hydrogen-bond acceptors (Lipinski definition) is 4. The molecular weight excluding hydrogens is 321 g/mol. The molecule has 0 unspecified atom stereocenters. The van der Waals surface area contributed by atoms with E-state index in [1.807, 2.05) is 6.92 Å². The van der Waals surface area contributed by atoms with E-state index in [1.54, 1.807) is 6.92 Å². The summed E-state index contributed by atoms with van der Waals surface area (Å²) in [5.74, 6) is -2.68. The highest BCUT2D eigenvalue weighted by Gasteiger charge is 2.25. The minimum atomic E-state index is -1.09. The van der Waals surface area contributed by atoms with Gasteiger partial charge in [-0.15, -0.1) is 11.8 Å². The Balaban J connectivity index is 2.65. The Kier molecular flexibility index (Phi) is 7.22. The van der Waals surface area contributed by atoms with E-state index < -0.39 is 23.7 Å². The van der Waals surface area contributed by atoms with Crippen LogP contribution in [0.4, 0.5) is 4.39 Å². The third-order valence-corrected chi connectivity index (χ3v) is 4.54. The first-order valence-corrected chi connectivity index (χ1v) is 8.20. The first-order valence-electron chi connectivity index (χ1n) is 7.21. The van der Waals surface area contributed by atoms with Gasteiger partial charge in [-0.2, -0.15) is 0 Å². The second-order valence-corrected chi connectivity index (χ2v) is 6.28. The molecule has 1 rings (SSSR count). The molecule has 1 aromatic rings. The van der Waals surface area contributed by atoms with E-state index in [9.17, 15) is 18.8 Å². The number of carbonyl (C=O) groups is 3. The molecule has 0 saturated heterocycles. The first-order chi connectivity index (χ1) is 10.8. The third-order valence-electron chi connectivity index (χ3n) is 3.49. The summed E-state index contributed by atoms with van der Waals surface area (Å²) in [5, 5.41) is 11.6. The quantitative estimate of drug-likeness (QED) is 0.561. The molecule has 0 heterocycles. The van der Waals surface area contributed by atoms with E-state index in [0.29, 0.717) is 6.42 Å². The van der Waals surface area contributed by atoms with Crippen LogP contribution < -0.4 is 5.32 Å². The predicted octanol–water partition coefficient (Wildman–Crippen LogP) is 2.74. The van der Waals surface area contributed by atoms with Crippen LogP contribution in [0.3, 0.4) is 0 Å². The molecule has 0 bridgehead atoms. The minimum absolute atomic E-state index is 0.101. The molecule has 0 saturated carbocycles. The minimum Gasteiger partial charge on any atom is -0.480 e. The second kappa shape index (κ2) is 8.67. The Morgan fingerprint density at radius 1 is 1.35 bits per heavy atom. The Morgan fingerprint density at radius 2 is 2.00 bits per heavy atom. The number of aliphatic carboxylic acids is 1. The van der Waals surface area contributed by atoms with Crippen LogP contribution in [-0.4, -0.2) is 34.6 Å². The van der Waals surface area contributed by atoms with Crippen molar-refractivity contribution < 1.29 is 23.9 Å². The van der Waals surface area contributed by atoms with E-state index in [1.165, 1.54) is 19.1 Å². The number of thioether (sulfide) groups is 1.